The van der Waals surface area contributed by atoms with Crippen LogP contribution in [-0.4, -0.2) is 54.4 Å². The fraction of sp³-hybridized carbons (Fsp3) is 0.750. The molecule has 98 valence electrons. The van der Waals surface area contributed by atoms with Crippen molar-refractivity contribution in [1.82, 2.24) is 4.90 Å². The van der Waals surface area contributed by atoms with Crippen molar-refractivity contribution in [2.75, 3.05) is 18.1 Å². The van der Waals surface area contributed by atoms with E-state index in [4.69, 9.17) is 10.2 Å². The third kappa shape index (κ3) is 3.86. The Kier molecular flexibility index (Phi) is 4.39. The second-order valence-electron chi connectivity index (χ2n) is 3.98. The van der Waals surface area contributed by atoms with Crippen molar-refractivity contribution in [3.8, 4) is 0 Å². The molecule has 0 spiro atoms. The van der Waals surface area contributed by atoms with Crippen LogP contribution in [0.15, 0.2) is 0 Å². The summed E-state index contributed by atoms with van der Waals surface area (Å²) in [6.07, 6.45) is 0.00792. The van der Waals surface area contributed by atoms with Gasteiger partial charge in [-0.2, -0.15) is 12.6 Å². The number of carbonyl (C=O) groups is 2. The van der Waals surface area contributed by atoms with Gasteiger partial charge in [0.15, 0.2) is 0 Å². The molecule has 1 fully saturated rings. The number of likely N-dealkylation sites (tertiary alicyclic amines) is 1. The van der Waals surface area contributed by atoms with Gasteiger partial charge < -0.3 is 10.0 Å². The van der Waals surface area contributed by atoms with Crippen molar-refractivity contribution in [3.63, 3.8) is 0 Å². The number of rotatable bonds is 5. The van der Waals surface area contributed by atoms with Crippen LogP contribution < -0.4 is 5.14 Å². The average Bonchev–Trinajstić information content (AvgIpc) is 2.44. The molecule has 0 aromatic rings. The van der Waals surface area contributed by atoms with Gasteiger partial charge in [0.25, 0.3) is 0 Å². The average molecular weight is 282 g/mol. The van der Waals surface area contributed by atoms with Gasteiger partial charge >= 0.3 is 5.97 Å². The number of sulfonamides is 1. The molecule has 1 heterocycles. The largest absolute Gasteiger partial charge is 0.480 e. The predicted octanol–water partition coefficient (Wildman–Crippen LogP) is -1.49. The lowest BCUT2D eigenvalue weighted by Gasteiger charge is -2.22. The number of carboxylic acid groups (broad SMARTS) is 1. The summed E-state index contributed by atoms with van der Waals surface area (Å²) < 4.78 is 21.8. The Labute approximate surface area is 104 Å². The molecule has 0 bridgehead atoms. The van der Waals surface area contributed by atoms with E-state index < -0.39 is 28.0 Å². The Morgan fingerprint density at radius 2 is 2.24 bits per heavy atom. The van der Waals surface area contributed by atoms with Gasteiger partial charge in [0.1, 0.15) is 6.04 Å². The topological polar surface area (TPSA) is 118 Å². The number of carboxylic acids is 1. The van der Waals surface area contributed by atoms with E-state index in [2.05, 4.69) is 12.6 Å². The van der Waals surface area contributed by atoms with Crippen molar-refractivity contribution < 1.29 is 23.1 Å². The van der Waals surface area contributed by atoms with Crippen LogP contribution in [0.3, 0.4) is 0 Å². The molecule has 1 saturated heterocycles. The summed E-state index contributed by atoms with van der Waals surface area (Å²) in [6.45, 7) is 0.0901. The SMILES string of the molecule is NS(=O)(=O)CC1CC(=O)N(C(CS)C(=O)O)C1. The van der Waals surface area contributed by atoms with Crippen LogP contribution in [0.1, 0.15) is 6.42 Å². The van der Waals surface area contributed by atoms with Crippen LogP contribution in [0.25, 0.3) is 0 Å². The number of nitrogens with two attached hydrogens (primary N) is 1. The number of carbonyl (C=O) groups excluding carboxylic acids is 1. The zero-order valence-corrected chi connectivity index (χ0v) is 10.7. The number of nitrogens with zero attached hydrogens (tertiary/aromatic N) is 1. The maximum Gasteiger partial charge on any atom is 0.327 e. The maximum atomic E-state index is 11.6. The minimum atomic E-state index is -3.65. The molecule has 0 aromatic carbocycles. The molecule has 3 N–H and O–H groups in total. The van der Waals surface area contributed by atoms with Crippen molar-refractivity contribution >= 4 is 34.5 Å². The predicted molar refractivity (Wildman–Crippen MR) is 63.1 cm³/mol. The molecule has 1 amide bonds. The summed E-state index contributed by atoms with van der Waals surface area (Å²) in [5, 5.41) is 13.8. The molecule has 1 aliphatic rings. The maximum absolute atomic E-state index is 11.6. The second-order valence-corrected chi connectivity index (χ2v) is 6.01. The molecule has 0 radical (unpaired) electrons. The highest BCUT2D eigenvalue weighted by Crippen LogP contribution is 2.21. The van der Waals surface area contributed by atoms with Gasteiger partial charge in [-0.05, 0) is 0 Å². The van der Waals surface area contributed by atoms with Gasteiger partial charge in [-0.3, -0.25) is 4.79 Å². The number of hydrogen-bond donors (Lipinski definition) is 3. The van der Waals surface area contributed by atoms with Crippen LogP contribution in [0.5, 0.6) is 0 Å². The highest BCUT2D eigenvalue weighted by Gasteiger charge is 2.38. The number of aliphatic carboxylic acids is 1. The lowest BCUT2D eigenvalue weighted by atomic mass is 10.1. The third-order valence-electron chi connectivity index (χ3n) is 2.54. The highest BCUT2D eigenvalue weighted by atomic mass is 32.2. The Morgan fingerprint density at radius 3 is 2.65 bits per heavy atom. The summed E-state index contributed by atoms with van der Waals surface area (Å²) in [7, 11) is -3.65. The third-order valence-corrected chi connectivity index (χ3v) is 3.82. The molecular formula is C8H14N2O5S2. The Balaban J connectivity index is 2.73. The van der Waals surface area contributed by atoms with Crippen molar-refractivity contribution in [1.29, 1.82) is 0 Å². The van der Waals surface area contributed by atoms with Crippen LogP contribution >= 0.6 is 12.6 Å². The van der Waals surface area contributed by atoms with E-state index in [0.29, 0.717) is 0 Å². The van der Waals surface area contributed by atoms with Gasteiger partial charge in [0, 0.05) is 24.6 Å². The summed E-state index contributed by atoms with van der Waals surface area (Å²) in [6, 6.07) is -1.02. The molecular weight excluding hydrogens is 268 g/mol. The number of amides is 1. The van der Waals surface area contributed by atoms with E-state index in [1.165, 1.54) is 0 Å². The van der Waals surface area contributed by atoms with E-state index in [0.717, 1.165) is 4.90 Å². The zero-order chi connectivity index (χ0) is 13.2. The number of primary sulfonamides is 1. The first-order chi connectivity index (χ1) is 7.74. The highest BCUT2D eigenvalue weighted by molar-refractivity contribution is 7.89. The minimum Gasteiger partial charge on any atom is -0.480 e. The molecule has 0 aromatic heterocycles. The van der Waals surface area contributed by atoms with E-state index >= 15 is 0 Å². The molecule has 2 atom stereocenters. The quantitative estimate of drug-likeness (QED) is 0.531. The van der Waals surface area contributed by atoms with Crippen LogP contribution in [-0.2, 0) is 19.6 Å². The summed E-state index contributed by atoms with van der Waals surface area (Å²) in [5.41, 5.74) is 0. The molecule has 1 rings (SSSR count). The van der Waals surface area contributed by atoms with E-state index in [-0.39, 0.29) is 30.4 Å². The van der Waals surface area contributed by atoms with Crippen LogP contribution in [0.4, 0.5) is 0 Å². The Hall–Kier alpha value is -0.800. The smallest absolute Gasteiger partial charge is 0.327 e. The van der Waals surface area contributed by atoms with Crippen LogP contribution in [0.2, 0.25) is 0 Å². The van der Waals surface area contributed by atoms with E-state index in [1.54, 1.807) is 0 Å². The lowest BCUT2D eigenvalue weighted by Crippen LogP contribution is -2.43. The standard InChI is InChI=1S/C8H14N2O5S2/c9-17(14,15)4-5-1-7(11)10(2-5)6(3-16)8(12)13/h5-6,16H,1-4H2,(H,12,13)(H2,9,14,15). The van der Waals surface area contributed by atoms with Gasteiger partial charge in [-0.1, -0.05) is 0 Å². The van der Waals surface area contributed by atoms with Gasteiger partial charge in [0.2, 0.25) is 15.9 Å². The van der Waals surface area contributed by atoms with E-state index in [1.807, 2.05) is 0 Å². The van der Waals surface area contributed by atoms with Gasteiger partial charge in [0.05, 0.1) is 5.75 Å². The van der Waals surface area contributed by atoms with E-state index in [9.17, 15) is 18.0 Å². The zero-order valence-electron chi connectivity index (χ0n) is 8.94. The second kappa shape index (κ2) is 5.23. The first-order valence-corrected chi connectivity index (χ1v) is 7.23. The van der Waals surface area contributed by atoms with Crippen LogP contribution in [0, 0.1) is 5.92 Å². The monoisotopic (exact) mass is 282 g/mol. The normalized spacial score (nSPS) is 22.8. The fourth-order valence-corrected chi connectivity index (χ4v) is 3.09. The summed E-state index contributed by atoms with van der Waals surface area (Å²) in [5.74, 6) is -2.29. The van der Waals surface area contributed by atoms with Crippen molar-refractivity contribution in [3.05, 3.63) is 0 Å². The molecule has 17 heavy (non-hydrogen) atoms. The molecule has 0 aliphatic carbocycles. The number of hydrogen-bond acceptors (Lipinski definition) is 5. The van der Waals surface area contributed by atoms with Crippen molar-refractivity contribution in [2.24, 2.45) is 11.1 Å². The van der Waals surface area contributed by atoms with Gasteiger partial charge in [-0.25, -0.2) is 18.4 Å². The molecule has 7 nitrogen and oxygen atoms in total. The summed E-state index contributed by atoms with van der Waals surface area (Å²) in [4.78, 5) is 23.6. The Morgan fingerprint density at radius 1 is 1.65 bits per heavy atom. The fourth-order valence-electron chi connectivity index (χ4n) is 1.86. The Bertz CT molecular complexity index is 422. The molecule has 2 unspecified atom stereocenters. The number of thiol groups is 1. The lowest BCUT2D eigenvalue weighted by molar-refractivity contribution is -0.147. The molecule has 9 heteroatoms. The molecule has 0 saturated carbocycles. The first kappa shape index (κ1) is 14.3. The first-order valence-electron chi connectivity index (χ1n) is 4.88. The summed E-state index contributed by atoms with van der Waals surface area (Å²) >= 11 is 3.87. The molecule has 1 aliphatic heterocycles. The van der Waals surface area contributed by atoms with Gasteiger partial charge in [-0.15, -0.1) is 0 Å². The minimum absolute atomic E-state index is 0.00792. The van der Waals surface area contributed by atoms with Crippen molar-refractivity contribution in [2.45, 2.75) is 12.5 Å².